The van der Waals surface area contributed by atoms with Gasteiger partial charge in [-0.1, -0.05) is 23.4 Å². The van der Waals surface area contributed by atoms with Crippen molar-refractivity contribution in [1.29, 1.82) is 0 Å². The molecule has 0 radical (unpaired) electrons. The summed E-state index contributed by atoms with van der Waals surface area (Å²) >= 11 is 0. The van der Waals surface area contributed by atoms with Gasteiger partial charge >= 0.3 is 0 Å². The zero-order valence-corrected chi connectivity index (χ0v) is 11.1. The molecule has 0 aliphatic rings. The van der Waals surface area contributed by atoms with E-state index in [9.17, 15) is 0 Å². The van der Waals surface area contributed by atoms with Crippen LogP contribution in [0.1, 0.15) is 11.5 Å². The van der Waals surface area contributed by atoms with Gasteiger partial charge < -0.3 is 8.94 Å². The van der Waals surface area contributed by atoms with Gasteiger partial charge in [-0.3, -0.25) is 4.98 Å². The van der Waals surface area contributed by atoms with Crippen LogP contribution >= 0.6 is 0 Å². The van der Waals surface area contributed by atoms with Crippen molar-refractivity contribution in [2.24, 2.45) is 0 Å². The average Bonchev–Trinajstić information content (AvgIpc) is 3.17. The van der Waals surface area contributed by atoms with E-state index in [1.54, 1.807) is 18.7 Å². The monoisotopic (exact) mass is 277 g/mol. The van der Waals surface area contributed by atoms with Crippen LogP contribution in [-0.2, 0) is 6.42 Å². The molecule has 0 amide bonds. The second-order valence-electron chi connectivity index (χ2n) is 4.68. The molecule has 0 saturated heterocycles. The van der Waals surface area contributed by atoms with Crippen molar-refractivity contribution in [3.8, 4) is 11.4 Å². The maximum atomic E-state index is 5.51. The third-order valence-corrected chi connectivity index (χ3v) is 3.31. The van der Waals surface area contributed by atoms with Crippen molar-refractivity contribution in [2.75, 3.05) is 0 Å². The van der Waals surface area contributed by atoms with Crippen molar-refractivity contribution < 1.29 is 8.94 Å². The first-order valence-electron chi connectivity index (χ1n) is 6.58. The molecule has 0 fully saturated rings. The minimum Gasteiger partial charge on any atom is -0.464 e. The molecule has 102 valence electrons. The topological polar surface area (TPSA) is 65.0 Å². The Balaban J connectivity index is 1.65. The molecular formula is C16H11N3O2. The van der Waals surface area contributed by atoms with E-state index < -0.39 is 0 Å². The van der Waals surface area contributed by atoms with E-state index in [1.807, 2.05) is 36.4 Å². The van der Waals surface area contributed by atoms with Crippen LogP contribution < -0.4 is 0 Å². The molecule has 0 unspecified atom stereocenters. The van der Waals surface area contributed by atoms with Crippen LogP contribution in [0.15, 0.2) is 64.0 Å². The Bertz CT molecular complexity index is 881. The first-order chi connectivity index (χ1) is 10.4. The molecule has 21 heavy (non-hydrogen) atoms. The molecule has 5 nitrogen and oxygen atoms in total. The van der Waals surface area contributed by atoms with Crippen molar-refractivity contribution in [1.82, 2.24) is 15.1 Å². The van der Waals surface area contributed by atoms with Crippen molar-refractivity contribution in [3.05, 3.63) is 66.5 Å². The molecule has 0 N–H and O–H groups in total. The van der Waals surface area contributed by atoms with Gasteiger partial charge in [-0.15, -0.1) is 0 Å². The minimum atomic E-state index is 0.551. The zero-order valence-electron chi connectivity index (χ0n) is 11.1. The largest absolute Gasteiger partial charge is 0.464 e. The van der Waals surface area contributed by atoms with E-state index in [4.69, 9.17) is 8.94 Å². The van der Waals surface area contributed by atoms with Crippen LogP contribution in [0.2, 0.25) is 0 Å². The van der Waals surface area contributed by atoms with E-state index in [-0.39, 0.29) is 0 Å². The van der Waals surface area contributed by atoms with Gasteiger partial charge in [-0.25, -0.2) is 0 Å². The summed E-state index contributed by atoms with van der Waals surface area (Å²) in [4.78, 5) is 8.39. The number of hydrogen-bond donors (Lipinski definition) is 0. The van der Waals surface area contributed by atoms with E-state index in [2.05, 4.69) is 15.1 Å². The molecule has 0 aliphatic heterocycles. The van der Waals surface area contributed by atoms with Gasteiger partial charge in [0.25, 0.3) is 0 Å². The lowest BCUT2D eigenvalue weighted by Crippen LogP contribution is -1.87. The predicted molar refractivity (Wildman–Crippen MR) is 76.5 cm³/mol. The highest BCUT2D eigenvalue weighted by Crippen LogP contribution is 2.23. The van der Waals surface area contributed by atoms with Gasteiger partial charge in [-0.05, 0) is 18.2 Å². The Labute approximate surface area is 120 Å². The molecule has 4 aromatic rings. The SMILES string of the molecule is c1ccc2c(Cc3nc(-c4ccncc4)no3)coc2c1. The highest BCUT2D eigenvalue weighted by Gasteiger charge is 2.12. The summed E-state index contributed by atoms with van der Waals surface area (Å²) in [5, 5.41) is 5.07. The molecule has 1 aromatic carbocycles. The first-order valence-corrected chi connectivity index (χ1v) is 6.58. The molecule has 0 spiro atoms. The summed E-state index contributed by atoms with van der Waals surface area (Å²) in [7, 11) is 0. The van der Waals surface area contributed by atoms with Gasteiger partial charge in [0.15, 0.2) is 0 Å². The fourth-order valence-corrected chi connectivity index (χ4v) is 2.28. The number of para-hydroxylation sites is 1. The number of pyridine rings is 1. The normalized spacial score (nSPS) is 11.0. The summed E-state index contributed by atoms with van der Waals surface area (Å²) in [6.07, 6.45) is 5.69. The minimum absolute atomic E-state index is 0.551. The summed E-state index contributed by atoms with van der Waals surface area (Å²) in [6.45, 7) is 0. The fraction of sp³-hybridized carbons (Fsp3) is 0.0625. The predicted octanol–water partition coefficient (Wildman–Crippen LogP) is 3.47. The maximum absolute atomic E-state index is 5.51. The lowest BCUT2D eigenvalue weighted by Gasteiger charge is -1.92. The first kappa shape index (κ1) is 11.8. The third-order valence-electron chi connectivity index (χ3n) is 3.31. The number of aromatic nitrogens is 3. The number of fused-ring (bicyclic) bond motifs is 1. The number of hydrogen-bond acceptors (Lipinski definition) is 5. The van der Waals surface area contributed by atoms with Crippen LogP contribution in [0.5, 0.6) is 0 Å². The Kier molecular flexibility index (Phi) is 2.74. The number of benzene rings is 1. The van der Waals surface area contributed by atoms with E-state index in [0.29, 0.717) is 18.1 Å². The Hall–Kier alpha value is -2.95. The second-order valence-corrected chi connectivity index (χ2v) is 4.68. The van der Waals surface area contributed by atoms with Gasteiger partial charge in [-0.2, -0.15) is 4.98 Å². The van der Waals surface area contributed by atoms with Gasteiger partial charge in [0.05, 0.1) is 12.7 Å². The van der Waals surface area contributed by atoms with Crippen molar-refractivity contribution in [2.45, 2.75) is 6.42 Å². The zero-order chi connectivity index (χ0) is 14.1. The number of nitrogens with zero attached hydrogens (tertiary/aromatic N) is 3. The molecule has 3 heterocycles. The molecule has 3 aromatic heterocycles. The van der Waals surface area contributed by atoms with Gasteiger partial charge in [0, 0.05) is 28.9 Å². The Morgan fingerprint density at radius 1 is 1.00 bits per heavy atom. The molecule has 0 bridgehead atoms. The molecule has 0 aliphatic carbocycles. The van der Waals surface area contributed by atoms with Crippen LogP contribution in [0, 0.1) is 0 Å². The highest BCUT2D eigenvalue weighted by molar-refractivity contribution is 5.81. The standard InChI is InChI=1S/C16H11N3O2/c1-2-4-14-13(3-1)12(10-20-14)9-15-18-16(19-21-15)11-5-7-17-8-6-11/h1-8,10H,9H2. The van der Waals surface area contributed by atoms with E-state index in [0.717, 1.165) is 22.1 Å². The fourth-order valence-electron chi connectivity index (χ4n) is 2.28. The Morgan fingerprint density at radius 2 is 1.86 bits per heavy atom. The summed E-state index contributed by atoms with van der Waals surface area (Å²) < 4.78 is 10.8. The summed E-state index contributed by atoms with van der Waals surface area (Å²) in [5.74, 6) is 1.13. The Morgan fingerprint density at radius 3 is 2.76 bits per heavy atom. The second kappa shape index (κ2) is 4.86. The molecule has 0 saturated carbocycles. The van der Waals surface area contributed by atoms with Crippen LogP contribution in [0.25, 0.3) is 22.4 Å². The number of furan rings is 1. The third kappa shape index (κ3) is 2.18. The van der Waals surface area contributed by atoms with E-state index in [1.165, 1.54) is 0 Å². The highest BCUT2D eigenvalue weighted by atomic mass is 16.5. The van der Waals surface area contributed by atoms with Gasteiger partial charge in [0.2, 0.25) is 11.7 Å². The van der Waals surface area contributed by atoms with Crippen LogP contribution in [0.3, 0.4) is 0 Å². The summed E-state index contributed by atoms with van der Waals surface area (Å²) in [5.41, 5.74) is 2.79. The van der Waals surface area contributed by atoms with Crippen molar-refractivity contribution >= 4 is 11.0 Å². The molecule has 5 heteroatoms. The van der Waals surface area contributed by atoms with E-state index >= 15 is 0 Å². The van der Waals surface area contributed by atoms with Crippen LogP contribution in [0.4, 0.5) is 0 Å². The van der Waals surface area contributed by atoms with Crippen molar-refractivity contribution in [3.63, 3.8) is 0 Å². The van der Waals surface area contributed by atoms with Gasteiger partial charge in [0.1, 0.15) is 5.58 Å². The maximum Gasteiger partial charge on any atom is 0.231 e. The quantitative estimate of drug-likeness (QED) is 0.573. The molecular weight excluding hydrogens is 266 g/mol. The van der Waals surface area contributed by atoms with Crippen LogP contribution in [-0.4, -0.2) is 15.1 Å². The molecule has 4 rings (SSSR count). The molecule has 0 atom stereocenters. The smallest absolute Gasteiger partial charge is 0.231 e. The number of rotatable bonds is 3. The average molecular weight is 277 g/mol. The summed E-state index contributed by atoms with van der Waals surface area (Å²) in [6, 6.07) is 11.6. The lowest BCUT2D eigenvalue weighted by atomic mass is 10.1. The lowest BCUT2D eigenvalue weighted by molar-refractivity contribution is 0.385.